The van der Waals surface area contributed by atoms with Gasteiger partial charge >= 0.3 is 0 Å². The Labute approximate surface area is 163 Å². The van der Waals surface area contributed by atoms with Gasteiger partial charge in [-0.2, -0.15) is 4.98 Å². The Bertz CT molecular complexity index is 1160. The molecule has 5 nitrogen and oxygen atoms in total. The van der Waals surface area contributed by atoms with Crippen LogP contribution in [0, 0.1) is 0 Å². The first-order valence-corrected chi connectivity index (χ1v) is 10.2. The zero-order valence-electron chi connectivity index (χ0n) is 14.2. The molecule has 0 saturated heterocycles. The summed E-state index contributed by atoms with van der Waals surface area (Å²) >= 11 is 3.23. The second-order valence-corrected chi connectivity index (χ2v) is 8.03. The summed E-state index contributed by atoms with van der Waals surface area (Å²) in [6.45, 7) is 1.62. The van der Waals surface area contributed by atoms with Crippen molar-refractivity contribution in [1.82, 2.24) is 15.3 Å². The fourth-order valence-electron chi connectivity index (χ4n) is 2.89. The van der Waals surface area contributed by atoms with Crippen molar-refractivity contribution in [1.29, 1.82) is 0 Å². The molecular weight excluding hydrogens is 378 g/mol. The van der Waals surface area contributed by atoms with Crippen molar-refractivity contribution < 1.29 is 9.15 Å². The molecule has 0 fully saturated rings. The number of fused-ring (bicyclic) bond motifs is 2. The molecule has 134 valence electrons. The van der Waals surface area contributed by atoms with E-state index in [-0.39, 0.29) is 0 Å². The van der Waals surface area contributed by atoms with Gasteiger partial charge in [0.2, 0.25) is 0 Å². The molecule has 1 N–H and O–H groups in total. The molecular formula is C20H15N3O2S2. The number of thiazole rings is 1. The standard InChI is InChI=1S/C20H15N3O2S2/c1-4-18-19(22-7-1)23-20(27-18)25-14-5-6-16-13(12-24-17(16)9-14)10-21-11-15-3-2-8-26-15/h1-9,12,21H,10-11H2. The van der Waals surface area contributed by atoms with Crippen molar-refractivity contribution in [2.45, 2.75) is 13.1 Å². The number of aromatic nitrogens is 2. The van der Waals surface area contributed by atoms with E-state index in [4.69, 9.17) is 9.15 Å². The average molecular weight is 393 g/mol. The van der Waals surface area contributed by atoms with Crippen LogP contribution in [0.25, 0.3) is 21.3 Å². The van der Waals surface area contributed by atoms with Gasteiger partial charge in [-0.1, -0.05) is 17.4 Å². The van der Waals surface area contributed by atoms with Crippen molar-refractivity contribution in [3.63, 3.8) is 0 Å². The van der Waals surface area contributed by atoms with Gasteiger partial charge in [0.15, 0.2) is 5.65 Å². The van der Waals surface area contributed by atoms with E-state index in [0.717, 1.165) is 34.3 Å². The summed E-state index contributed by atoms with van der Waals surface area (Å²) in [7, 11) is 0. The number of nitrogens with one attached hydrogen (secondary N) is 1. The summed E-state index contributed by atoms with van der Waals surface area (Å²) in [4.78, 5) is 9.96. The Kier molecular flexibility index (Phi) is 4.33. The van der Waals surface area contributed by atoms with E-state index >= 15 is 0 Å². The first-order valence-electron chi connectivity index (χ1n) is 8.48. The lowest BCUT2D eigenvalue weighted by Gasteiger charge is -2.03. The topological polar surface area (TPSA) is 60.2 Å². The number of hydrogen-bond donors (Lipinski definition) is 1. The van der Waals surface area contributed by atoms with Gasteiger partial charge in [-0.3, -0.25) is 0 Å². The Morgan fingerprint density at radius 2 is 2.11 bits per heavy atom. The van der Waals surface area contributed by atoms with Crippen LogP contribution < -0.4 is 10.1 Å². The van der Waals surface area contributed by atoms with Gasteiger partial charge < -0.3 is 14.5 Å². The van der Waals surface area contributed by atoms with Gasteiger partial charge in [0.05, 0.1) is 11.0 Å². The molecule has 4 heterocycles. The summed E-state index contributed by atoms with van der Waals surface area (Å²) < 4.78 is 12.6. The van der Waals surface area contributed by atoms with E-state index < -0.39 is 0 Å². The zero-order valence-corrected chi connectivity index (χ0v) is 15.8. The minimum absolute atomic E-state index is 0.576. The predicted molar refractivity (Wildman–Crippen MR) is 109 cm³/mol. The Morgan fingerprint density at radius 1 is 1.11 bits per heavy atom. The summed E-state index contributed by atoms with van der Waals surface area (Å²) in [6, 6.07) is 14.0. The maximum Gasteiger partial charge on any atom is 0.281 e. The Morgan fingerprint density at radius 3 is 3.00 bits per heavy atom. The third-order valence-corrected chi connectivity index (χ3v) is 5.94. The fourth-order valence-corrected chi connectivity index (χ4v) is 4.36. The maximum atomic E-state index is 5.90. The lowest BCUT2D eigenvalue weighted by atomic mass is 10.1. The van der Waals surface area contributed by atoms with Crippen LogP contribution in [0.5, 0.6) is 10.9 Å². The molecule has 0 aliphatic rings. The number of rotatable bonds is 6. The smallest absolute Gasteiger partial charge is 0.281 e. The third kappa shape index (κ3) is 3.44. The van der Waals surface area contributed by atoms with Crippen LogP contribution in [0.3, 0.4) is 0 Å². The van der Waals surface area contributed by atoms with Crippen LogP contribution >= 0.6 is 22.7 Å². The van der Waals surface area contributed by atoms with Crippen LogP contribution in [0.1, 0.15) is 10.4 Å². The van der Waals surface area contributed by atoms with Crippen molar-refractivity contribution in [3.05, 3.63) is 70.7 Å². The van der Waals surface area contributed by atoms with Gasteiger partial charge in [-0.25, -0.2) is 4.98 Å². The summed E-state index contributed by atoms with van der Waals surface area (Å²) in [5, 5.41) is 7.21. The lowest BCUT2D eigenvalue weighted by molar-refractivity contribution is 0.479. The number of hydrogen-bond acceptors (Lipinski definition) is 7. The van der Waals surface area contributed by atoms with Gasteiger partial charge in [-0.15, -0.1) is 11.3 Å². The molecule has 0 atom stereocenters. The van der Waals surface area contributed by atoms with Gasteiger partial charge in [0.25, 0.3) is 5.19 Å². The predicted octanol–water partition coefficient (Wildman–Crippen LogP) is 5.58. The van der Waals surface area contributed by atoms with Crippen LogP contribution in [0.15, 0.2) is 64.7 Å². The number of pyridine rings is 1. The molecule has 1 aromatic carbocycles. The van der Waals surface area contributed by atoms with Crippen LogP contribution in [0.4, 0.5) is 0 Å². The lowest BCUT2D eigenvalue weighted by Crippen LogP contribution is -2.11. The molecule has 0 bridgehead atoms. The highest BCUT2D eigenvalue weighted by molar-refractivity contribution is 7.20. The van der Waals surface area contributed by atoms with Gasteiger partial charge in [-0.05, 0) is 35.7 Å². The minimum Gasteiger partial charge on any atom is -0.464 e. The maximum absolute atomic E-state index is 5.90. The molecule has 0 radical (unpaired) electrons. The molecule has 5 aromatic rings. The second kappa shape index (κ2) is 7.11. The van der Waals surface area contributed by atoms with Gasteiger partial charge in [0, 0.05) is 41.2 Å². The molecule has 0 unspecified atom stereocenters. The van der Waals surface area contributed by atoms with Crippen molar-refractivity contribution in [2.75, 3.05) is 0 Å². The quantitative estimate of drug-likeness (QED) is 0.408. The molecule has 5 rings (SSSR count). The van der Waals surface area contributed by atoms with E-state index in [1.54, 1.807) is 23.8 Å². The highest BCUT2D eigenvalue weighted by Gasteiger charge is 2.10. The number of thiophene rings is 1. The number of benzene rings is 1. The third-order valence-electron chi connectivity index (χ3n) is 4.17. The largest absolute Gasteiger partial charge is 0.464 e. The summed E-state index contributed by atoms with van der Waals surface area (Å²) in [5.41, 5.74) is 2.65. The molecule has 0 amide bonds. The minimum atomic E-state index is 0.576. The first kappa shape index (κ1) is 16.4. The van der Waals surface area contributed by atoms with E-state index in [0.29, 0.717) is 16.6 Å². The second-order valence-electron chi connectivity index (χ2n) is 6.01. The number of furan rings is 1. The van der Waals surface area contributed by atoms with Crippen molar-refractivity contribution >= 4 is 44.0 Å². The first-order chi connectivity index (χ1) is 13.3. The SMILES string of the molecule is c1csc(CNCc2coc3cc(Oc4nc5ncccc5s4)ccc23)c1. The average Bonchev–Trinajstić information content (AvgIpc) is 3.41. The Balaban J connectivity index is 1.32. The van der Waals surface area contributed by atoms with E-state index in [1.165, 1.54) is 16.2 Å². The highest BCUT2D eigenvalue weighted by Crippen LogP contribution is 2.32. The van der Waals surface area contributed by atoms with Crippen LogP contribution in [0.2, 0.25) is 0 Å². The van der Waals surface area contributed by atoms with Gasteiger partial charge in [0.1, 0.15) is 11.3 Å². The van der Waals surface area contributed by atoms with Crippen LogP contribution in [-0.4, -0.2) is 9.97 Å². The molecule has 0 aliphatic heterocycles. The van der Waals surface area contributed by atoms with Crippen molar-refractivity contribution in [3.8, 4) is 10.9 Å². The number of ether oxygens (including phenoxy) is 1. The van der Waals surface area contributed by atoms with E-state index in [2.05, 4.69) is 32.8 Å². The number of nitrogens with zero attached hydrogens (tertiary/aromatic N) is 2. The summed E-state index contributed by atoms with van der Waals surface area (Å²) in [5.74, 6) is 0.703. The Hall–Kier alpha value is -2.74. The molecule has 7 heteroatoms. The molecule has 27 heavy (non-hydrogen) atoms. The van der Waals surface area contributed by atoms with E-state index in [9.17, 15) is 0 Å². The van der Waals surface area contributed by atoms with Crippen molar-refractivity contribution in [2.24, 2.45) is 0 Å². The fraction of sp³-hybridized carbons (Fsp3) is 0.100. The molecule has 0 spiro atoms. The monoisotopic (exact) mass is 393 g/mol. The normalized spacial score (nSPS) is 11.4. The van der Waals surface area contributed by atoms with Crippen LogP contribution in [-0.2, 0) is 13.1 Å². The zero-order chi connectivity index (χ0) is 18.1. The molecule has 0 aliphatic carbocycles. The molecule has 4 aromatic heterocycles. The summed E-state index contributed by atoms with van der Waals surface area (Å²) in [6.07, 6.45) is 3.53. The van der Waals surface area contributed by atoms with E-state index in [1.807, 2.05) is 30.3 Å². The molecule has 0 saturated carbocycles. The highest BCUT2D eigenvalue weighted by atomic mass is 32.1.